The summed E-state index contributed by atoms with van der Waals surface area (Å²) in [5.41, 5.74) is 1.31. The summed E-state index contributed by atoms with van der Waals surface area (Å²) < 4.78 is 33.1. The van der Waals surface area contributed by atoms with Gasteiger partial charge in [0.15, 0.2) is 10.8 Å². The van der Waals surface area contributed by atoms with Gasteiger partial charge in [-0.15, -0.1) is 11.3 Å². The smallest absolute Gasteiger partial charge is 0.240 e. The normalized spacial score (nSPS) is 11.7. The number of anilines is 1. The number of furan rings is 1. The van der Waals surface area contributed by atoms with Gasteiger partial charge < -0.3 is 9.73 Å². The molecule has 2 heterocycles. The van der Waals surface area contributed by atoms with E-state index in [0.717, 1.165) is 10.6 Å². The number of carbonyl (C=O) groups excluding carboxylic acids is 1. The predicted octanol–water partition coefficient (Wildman–Crippen LogP) is 3.78. The average molecular weight is 420 g/mol. The van der Waals surface area contributed by atoms with Crippen molar-refractivity contribution in [3.63, 3.8) is 0 Å². The van der Waals surface area contributed by atoms with Gasteiger partial charge >= 0.3 is 0 Å². The minimum absolute atomic E-state index is 0.123. The van der Waals surface area contributed by atoms with Crippen LogP contribution in [0.3, 0.4) is 0 Å². The Labute approximate surface area is 167 Å². The molecule has 1 aromatic carbocycles. The molecule has 0 aliphatic rings. The van der Waals surface area contributed by atoms with E-state index in [1.54, 1.807) is 38.3 Å². The maximum atomic E-state index is 12.6. The Balaban J connectivity index is 1.68. The molecule has 1 amide bonds. The van der Waals surface area contributed by atoms with Gasteiger partial charge in [0.25, 0.3) is 0 Å². The molecule has 148 valence electrons. The van der Waals surface area contributed by atoms with Crippen LogP contribution in [0.15, 0.2) is 52.0 Å². The summed E-state index contributed by atoms with van der Waals surface area (Å²) in [6.07, 6.45) is 1.57. The number of carbonyl (C=O) groups is 1. The Morgan fingerprint density at radius 3 is 2.54 bits per heavy atom. The van der Waals surface area contributed by atoms with E-state index in [-0.39, 0.29) is 23.3 Å². The number of rotatable bonds is 7. The third-order valence-corrected chi connectivity index (χ3v) is 6.59. The zero-order valence-corrected chi connectivity index (χ0v) is 17.4. The van der Waals surface area contributed by atoms with Crippen LogP contribution in [0.25, 0.3) is 10.8 Å². The topological polar surface area (TPSA) is 101 Å². The minimum atomic E-state index is -3.69. The minimum Gasteiger partial charge on any atom is -0.462 e. The van der Waals surface area contributed by atoms with E-state index in [4.69, 9.17) is 4.42 Å². The first-order valence-electron chi connectivity index (χ1n) is 8.67. The van der Waals surface area contributed by atoms with Crippen molar-refractivity contribution < 1.29 is 17.6 Å². The van der Waals surface area contributed by atoms with Crippen LogP contribution in [0.5, 0.6) is 0 Å². The summed E-state index contributed by atoms with van der Waals surface area (Å²) in [6.45, 7) is 5.55. The van der Waals surface area contributed by atoms with Crippen molar-refractivity contribution in [2.45, 2.75) is 32.2 Å². The Morgan fingerprint density at radius 1 is 1.21 bits per heavy atom. The van der Waals surface area contributed by atoms with Gasteiger partial charge in [-0.1, -0.05) is 13.8 Å². The number of benzene rings is 1. The predicted molar refractivity (Wildman–Crippen MR) is 108 cm³/mol. The van der Waals surface area contributed by atoms with Gasteiger partial charge in [-0.3, -0.25) is 4.79 Å². The summed E-state index contributed by atoms with van der Waals surface area (Å²) in [7, 11) is -3.69. The van der Waals surface area contributed by atoms with Gasteiger partial charge in [-0.05, 0) is 43.3 Å². The van der Waals surface area contributed by atoms with Gasteiger partial charge in [0.1, 0.15) is 0 Å². The maximum Gasteiger partial charge on any atom is 0.240 e. The first-order chi connectivity index (χ1) is 13.3. The van der Waals surface area contributed by atoms with Crippen molar-refractivity contribution >= 4 is 33.0 Å². The van der Waals surface area contributed by atoms with Gasteiger partial charge in [0, 0.05) is 23.0 Å². The SMILES string of the molecule is Cc1nc(-c2ccco2)sc1CNS(=O)(=O)c1ccc(NC(=O)C(C)C)cc1. The number of aryl methyl sites for hydroxylation is 1. The fourth-order valence-electron chi connectivity index (χ4n) is 2.35. The third kappa shape index (κ3) is 4.67. The third-order valence-electron chi connectivity index (χ3n) is 4.00. The fourth-order valence-corrected chi connectivity index (χ4v) is 4.40. The lowest BCUT2D eigenvalue weighted by atomic mass is 10.2. The van der Waals surface area contributed by atoms with Crippen LogP contribution >= 0.6 is 11.3 Å². The second kappa shape index (κ2) is 8.26. The zero-order chi connectivity index (χ0) is 20.3. The highest BCUT2D eigenvalue weighted by Crippen LogP contribution is 2.28. The number of thiazole rings is 1. The summed E-state index contributed by atoms with van der Waals surface area (Å²) in [6, 6.07) is 9.66. The highest BCUT2D eigenvalue weighted by Gasteiger charge is 2.17. The molecule has 9 heteroatoms. The van der Waals surface area contributed by atoms with Crippen LogP contribution in [0.2, 0.25) is 0 Å². The summed E-state index contributed by atoms with van der Waals surface area (Å²) in [5.74, 6) is 0.377. The van der Waals surface area contributed by atoms with Gasteiger partial charge in [-0.2, -0.15) is 0 Å². The summed E-state index contributed by atoms with van der Waals surface area (Å²) >= 11 is 1.39. The van der Waals surface area contributed by atoms with E-state index in [2.05, 4.69) is 15.0 Å². The Bertz CT molecular complexity index is 1050. The van der Waals surface area contributed by atoms with Crippen molar-refractivity contribution in [1.29, 1.82) is 0 Å². The number of nitrogens with zero attached hydrogens (tertiary/aromatic N) is 1. The lowest BCUT2D eigenvalue weighted by Crippen LogP contribution is -2.23. The lowest BCUT2D eigenvalue weighted by molar-refractivity contribution is -0.118. The number of nitrogens with one attached hydrogen (secondary N) is 2. The number of amides is 1. The molecule has 0 bridgehead atoms. The molecule has 28 heavy (non-hydrogen) atoms. The molecule has 0 aliphatic carbocycles. The van der Waals surface area contributed by atoms with Crippen molar-refractivity contribution in [3.8, 4) is 10.8 Å². The van der Waals surface area contributed by atoms with Crippen LogP contribution in [-0.2, 0) is 21.4 Å². The van der Waals surface area contributed by atoms with Crippen LogP contribution in [0.4, 0.5) is 5.69 Å². The van der Waals surface area contributed by atoms with E-state index < -0.39 is 10.0 Å². The van der Waals surface area contributed by atoms with Crippen molar-refractivity contribution in [2.75, 3.05) is 5.32 Å². The zero-order valence-electron chi connectivity index (χ0n) is 15.7. The lowest BCUT2D eigenvalue weighted by Gasteiger charge is -2.09. The Hall–Kier alpha value is -2.49. The molecule has 0 radical (unpaired) electrons. The first kappa shape index (κ1) is 20.2. The largest absolute Gasteiger partial charge is 0.462 e. The molecule has 3 aromatic rings. The molecule has 0 aliphatic heterocycles. The van der Waals surface area contributed by atoms with E-state index in [9.17, 15) is 13.2 Å². The second-order valence-corrected chi connectivity index (χ2v) is 9.35. The average Bonchev–Trinajstić information content (AvgIpc) is 3.30. The molecular weight excluding hydrogens is 398 g/mol. The van der Waals surface area contributed by atoms with Gasteiger partial charge in [-0.25, -0.2) is 18.1 Å². The molecule has 0 atom stereocenters. The fraction of sp³-hybridized carbons (Fsp3) is 0.263. The van der Waals surface area contributed by atoms with Crippen molar-refractivity contribution in [2.24, 2.45) is 5.92 Å². The highest BCUT2D eigenvalue weighted by atomic mass is 32.2. The summed E-state index contributed by atoms with van der Waals surface area (Å²) in [4.78, 5) is 17.1. The molecule has 0 fully saturated rings. The van der Waals surface area contributed by atoms with Gasteiger partial charge in [0.05, 0.1) is 16.9 Å². The van der Waals surface area contributed by atoms with Crippen LogP contribution in [0.1, 0.15) is 24.4 Å². The molecule has 7 nitrogen and oxygen atoms in total. The highest BCUT2D eigenvalue weighted by molar-refractivity contribution is 7.89. The molecule has 0 saturated carbocycles. The first-order valence-corrected chi connectivity index (χ1v) is 11.0. The second-order valence-electron chi connectivity index (χ2n) is 6.50. The van der Waals surface area contributed by atoms with Crippen LogP contribution < -0.4 is 10.0 Å². The van der Waals surface area contributed by atoms with Gasteiger partial charge in [0.2, 0.25) is 15.9 Å². The van der Waals surface area contributed by atoms with E-state index in [1.165, 1.54) is 23.5 Å². The number of hydrogen-bond donors (Lipinski definition) is 2. The molecule has 2 aromatic heterocycles. The Morgan fingerprint density at radius 2 is 1.93 bits per heavy atom. The molecule has 2 N–H and O–H groups in total. The Kier molecular flexibility index (Phi) is 5.97. The maximum absolute atomic E-state index is 12.6. The van der Waals surface area contributed by atoms with E-state index in [1.807, 2.05) is 13.0 Å². The monoisotopic (exact) mass is 419 g/mol. The van der Waals surface area contributed by atoms with Crippen LogP contribution in [0, 0.1) is 12.8 Å². The summed E-state index contributed by atoms with van der Waals surface area (Å²) in [5, 5.41) is 3.44. The number of aromatic nitrogens is 1. The molecular formula is C19H21N3O4S2. The van der Waals surface area contributed by atoms with Crippen molar-refractivity contribution in [3.05, 3.63) is 53.2 Å². The molecule has 0 unspecified atom stereocenters. The quantitative estimate of drug-likeness (QED) is 0.607. The molecule has 0 saturated heterocycles. The standard InChI is InChI=1S/C19H21N3O4S2/c1-12(2)18(23)22-14-6-8-15(9-7-14)28(24,25)20-11-17-13(3)21-19(27-17)16-5-4-10-26-16/h4-10,12,20H,11H2,1-3H3,(H,22,23). The molecule has 0 spiro atoms. The number of hydrogen-bond acceptors (Lipinski definition) is 6. The molecule has 3 rings (SSSR count). The van der Waals surface area contributed by atoms with E-state index in [0.29, 0.717) is 16.5 Å². The van der Waals surface area contributed by atoms with Crippen LogP contribution in [-0.4, -0.2) is 19.3 Å². The number of sulfonamides is 1. The van der Waals surface area contributed by atoms with E-state index >= 15 is 0 Å². The van der Waals surface area contributed by atoms with Crippen molar-refractivity contribution in [1.82, 2.24) is 9.71 Å².